The molecule has 2 saturated carbocycles. The van der Waals surface area contributed by atoms with Gasteiger partial charge in [0, 0.05) is 0 Å². The number of fused-ring (bicyclic) bond motifs is 3. The summed E-state index contributed by atoms with van der Waals surface area (Å²) >= 11 is 0. The molecule has 212 valence electrons. The van der Waals surface area contributed by atoms with E-state index < -0.39 is 5.97 Å². The zero-order valence-electron chi connectivity index (χ0n) is 24.1. The molecular formula is C33H50O5. The molecule has 0 saturated heterocycles. The normalized spacial score (nSPS) is 38.3. The number of benzene rings is 1. The molecule has 0 aromatic heterocycles. The third-order valence-corrected chi connectivity index (χ3v) is 11.0. The van der Waals surface area contributed by atoms with E-state index in [0.717, 1.165) is 36.5 Å². The van der Waals surface area contributed by atoms with Gasteiger partial charge in [-0.25, -0.2) is 4.79 Å². The molecule has 38 heavy (non-hydrogen) atoms. The summed E-state index contributed by atoms with van der Waals surface area (Å²) in [4.78, 5) is 11.9. The Morgan fingerprint density at radius 1 is 0.711 bits per heavy atom. The molecule has 1 aromatic rings. The summed E-state index contributed by atoms with van der Waals surface area (Å²) in [5.74, 6) is 6.76. The van der Waals surface area contributed by atoms with Gasteiger partial charge in [0.2, 0.25) is 5.75 Å². The summed E-state index contributed by atoms with van der Waals surface area (Å²) in [6, 6.07) is 3.25. The number of hydrogen-bond donors (Lipinski definition) is 1. The summed E-state index contributed by atoms with van der Waals surface area (Å²) < 4.78 is 19.2. The second-order valence-corrected chi connectivity index (χ2v) is 13.5. The standard InChI is InChI=1S/C33H50O5/c1-20-8-9-27-22(3)12-14-36-30-17-25(33(34)35)18-31-32(30)38-19-29-24(13-15-37-31)7-5-6-21(2)26(23(4)16-20)10-11-28(27)29/h17-18,20-24,26-29H,5-16,19H2,1-4H3,(H,34,35). The zero-order valence-corrected chi connectivity index (χ0v) is 24.1. The molecule has 2 aliphatic heterocycles. The smallest absolute Gasteiger partial charge is 0.335 e. The highest BCUT2D eigenvalue weighted by Crippen LogP contribution is 2.49. The van der Waals surface area contributed by atoms with Crippen LogP contribution in [0.2, 0.25) is 0 Å². The third-order valence-electron chi connectivity index (χ3n) is 11.0. The fraction of sp³-hybridized carbons (Fsp3) is 0.788. The van der Waals surface area contributed by atoms with Crippen molar-refractivity contribution in [2.75, 3.05) is 19.8 Å². The van der Waals surface area contributed by atoms with Crippen molar-refractivity contribution in [2.45, 2.75) is 91.9 Å². The number of hydrogen-bond acceptors (Lipinski definition) is 4. The highest BCUT2D eigenvalue weighted by molar-refractivity contribution is 5.89. The molecule has 1 N–H and O–H groups in total. The zero-order chi connectivity index (χ0) is 26.8. The summed E-state index contributed by atoms with van der Waals surface area (Å²) in [7, 11) is 0. The summed E-state index contributed by atoms with van der Waals surface area (Å²) in [5.41, 5.74) is 0.195. The van der Waals surface area contributed by atoms with E-state index in [1.54, 1.807) is 12.1 Å². The van der Waals surface area contributed by atoms with Crippen molar-refractivity contribution in [1.29, 1.82) is 0 Å². The fourth-order valence-corrected chi connectivity index (χ4v) is 8.81. The van der Waals surface area contributed by atoms with E-state index in [-0.39, 0.29) is 5.56 Å². The van der Waals surface area contributed by atoms with Crippen LogP contribution in [0.1, 0.15) is 102 Å². The summed E-state index contributed by atoms with van der Waals surface area (Å²) in [6.45, 7) is 11.8. The number of rotatable bonds is 1. The van der Waals surface area contributed by atoms with Crippen molar-refractivity contribution >= 4 is 5.97 Å². The largest absolute Gasteiger partial charge is 0.490 e. The van der Waals surface area contributed by atoms with Crippen molar-refractivity contribution in [1.82, 2.24) is 0 Å². The van der Waals surface area contributed by atoms with Crippen LogP contribution in [-0.2, 0) is 0 Å². The van der Waals surface area contributed by atoms with Crippen LogP contribution in [0.15, 0.2) is 12.1 Å². The Morgan fingerprint density at radius 3 is 2.11 bits per heavy atom. The van der Waals surface area contributed by atoms with Crippen LogP contribution in [0, 0.1) is 53.3 Å². The molecule has 1 aromatic carbocycles. The van der Waals surface area contributed by atoms with Crippen LogP contribution in [0.4, 0.5) is 0 Å². The summed E-state index contributed by atoms with van der Waals surface area (Å²) in [6.07, 6.45) is 12.4. The van der Waals surface area contributed by atoms with Gasteiger partial charge in [-0.2, -0.15) is 0 Å². The minimum Gasteiger partial charge on any atom is -0.490 e. The average molecular weight is 527 g/mol. The molecular weight excluding hydrogens is 476 g/mol. The summed E-state index contributed by atoms with van der Waals surface area (Å²) in [5, 5.41) is 9.75. The first-order valence-corrected chi connectivity index (χ1v) is 15.6. The molecule has 9 atom stereocenters. The Labute approximate surface area is 230 Å². The Kier molecular flexibility index (Phi) is 8.79. The van der Waals surface area contributed by atoms with E-state index >= 15 is 0 Å². The minimum absolute atomic E-state index is 0.195. The van der Waals surface area contributed by atoms with Crippen molar-refractivity contribution in [3.05, 3.63) is 17.7 Å². The van der Waals surface area contributed by atoms with Crippen LogP contribution in [0.25, 0.3) is 0 Å². The van der Waals surface area contributed by atoms with Gasteiger partial charge in [-0.3, -0.25) is 0 Å². The lowest BCUT2D eigenvalue weighted by molar-refractivity contribution is 0.0309. The first-order chi connectivity index (χ1) is 18.3. The van der Waals surface area contributed by atoms with E-state index in [0.29, 0.717) is 66.7 Å². The van der Waals surface area contributed by atoms with E-state index in [2.05, 4.69) is 27.7 Å². The number of carboxylic acids is 1. The number of aromatic carboxylic acids is 1. The van der Waals surface area contributed by atoms with Crippen LogP contribution in [0.5, 0.6) is 17.2 Å². The second-order valence-electron chi connectivity index (χ2n) is 13.5. The molecule has 2 aliphatic carbocycles. The molecule has 5 rings (SSSR count). The third kappa shape index (κ3) is 5.97. The lowest BCUT2D eigenvalue weighted by atomic mass is 9.62. The average Bonchev–Trinajstić information content (AvgIpc) is 2.94. The van der Waals surface area contributed by atoms with E-state index in [4.69, 9.17) is 14.2 Å². The Balaban J connectivity index is 1.58. The van der Waals surface area contributed by atoms with Crippen molar-refractivity contribution in [3.8, 4) is 17.2 Å². The SMILES string of the molecule is CC1CCC2C(C)CCOc3cc(C(=O)O)cc4c3OCC3C(CCCC(C)C(CCC23)C(C)C1)CCO4. The van der Waals surface area contributed by atoms with E-state index in [1.165, 1.54) is 51.4 Å². The first-order valence-electron chi connectivity index (χ1n) is 15.6. The van der Waals surface area contributed by atoms with Gasteiger partial charge in [-0.15, -0.1) is 0 Å². The van der Waals surface area contributed by atoms with Gasteiger partial charge in [0.15, 0.2) is 11.5 Å². The van der Waals surface area contributed by atoms with Gasteiger partial charge in [0.05, 0.1) is 25.4 Å². The van der Waals surface area contributed by atoms with Crippen molar-refractivity contribution in [2.24, 2.45) is 53.3 Å². The van der Waals surface area contributed by atoms with Gasteiger partial charge < -0.3 is 19.3 Å². The van der Waals surface area contributed by atoms with Crippen LogP contribution >= 0.6 is 0 Å². The minimum atomic E-state index is -0.967. The molecule has 2 heterocycles. The number of carboxylic acid groups (broad SMARTS) is 1. The van der Waals surface area contributed by atoms with Gasteiger partial charge in [-0.05, 0) is 110 Å². The Bertz CT molecular complexity index is 959. The molecule has 5 heteroatoms. The quantitative estimate of drug-likeness (QED) is 0.400. The van der Waals surface area contributed by atoms with E-state index in [9.17, 15) is 9.90 Å². The molecule has 9 unspecified atom stereocenters. The molecule has 0 amide bonds. The highest BCUT2D eigenvalue weighted by Gasteiger charge is 2.41. The lowest BCUT2D eigenvalue weighted by Gasteiger charge is -2.44. The maximum atomic E-state index is 11.9. The van der Waals surface area contributed by atoms with E-state index in [1.807, 2.05) is 0 Å². The second kappa shape index (κ2) is 12.1. The maximum Gasteiger partial charge on any atom is 0.335 e. The first kappa shape index (κ1) is 27.6. The lowest BCUT2D eigenvalue weighted by Crippen LogP contribution is -2.39. The van der Waals surface area contributed by atoms with Crippen LogP contribution in [0.3, 0.4) is 0 Å². The molecule has 4 aliphatic rings. The van der Waals surface area contributed by atoms with Gasteiger partial charge in [-0.1, -0.05) is 47.0 Å². The Morgan fingerprint density at radius 2 is 1.37 bits per heavy atom. The molecule has 2 fully saturated rings. The molecule has 0 spiro atoms. The van der Waals surface area contributed by atoms with Gasteiger partial charge in [0.25, 0.3) is 0 Å². The van der Waals surface area contributed by atoms with Crippen LogP contribution < -0.4 is 14.2 Å². The number of carbonyl (C=O) groups is 1. The van der Waals surface area contributed by atoms with Crippen molar-refractivity contribution < 1.29 is 24.1 Å². The predicted molar refractivity (Wildman–Crippen MR) is 150 cm³/mol. The molecule has 5 nitrogen and oxygen atoms in total. The van der Waals surface area contributed by atoms with Crippen LogP contribution in [-0.4, -0.2) is 30.9 Å². The highest BCUT2D eigenvalue weighted by atomic mass is 16.5. The van der Waals surface area contributed by atoms with Crippen molar-refractivity contribution in [3.63, 3.8) is 0 Å². The molecule has 4 bridgehead atoms. The maximum absolute atomic E-state index is 11.9. The van der Waals surface area contributed by atoms with Gasteiger partial charge in [0.1, 0.15) is 0 Å². The fourth-order valence-electron chi connectivity index (χ4n) is 8.81. The monoisotopic (exact) mass is 526 g/mol. The molecule has 0 radical (unpaired) electrons. The predicted octanol–water partition coefficient (Wildman–Crippen LogP) is 8.10. The number of ether oxygens (including phenoxy) is 3. The topological polar surface area (TPSA) is 65.0 Å². The van der Waals surface area contributed by atoms with Gasteiger partial charge >= 0.3 is 5.97 Å². The Hall–Kier alpha value is -1.91.